The van der Waals surface area contributed by atoms with Crippen LogP contribution < -0.4 is 0 Å². The van der Waals surface area contributed by atoms with Crippen molar-refractivity contribution < 1.29 is 0 Å². The summed E-state index contributed by atoms with van der Waals surface area (Å²) >= 11 is 0. The highest BCUT2D eigenvalue weighted by molar-refractivity contribution is 5.23. The maximum absolute atomic E-state index is 3.67. The highest BCUT2D eigenvalue weighted by atomic mass is 14.8. The summed E-state index contributed by atoms with van der Waals surface area (Å²) in [6.07, 6.45) is 4.88. The van der Waals surface area contributed by atoms with Gasteiger partial charge in [-0.2, -0.15) is 0 Å². The first-order valence-corrected chi connectivity index (χ1v) is 4.53. The molecule has 0 saturated carbocycles. The van der Waals surface area contributed by atoms with E-state index < -0.39 is 0 Å². The molecule has 0 unspecified atom stereocenters. The number of aryl methyl sites for hydroxylation is 2. The van der Waals surface area contributed by atoms with Crippen LogP contribution in [0.4, 0.5) is 0 Å². The van der Waals surface area contributed by atoms with E-state index >= 15 is 0 Å². The fourth-order valence-corrected chi connectivity index (χ4v) is 0.916. The lowest BCUT2D eigenvalue weighted by atomic mass is 10.1. The molecule has 0 aliphatic rings. The first-order valence-electron chi connectivity index (χ1n) is 4.53. The van der Waals surface area contributed by atoms with Crippen molar-refractivity contribution in [2.75, 3.05) is 0 Å². The number of nitrogens with zero attached hydrogens (tertiary/aromatic N) is 2. The van der Waals surface area contributed by atoms with Crippen LogP contribution in [0.25, 0.3) is 0 Å². The van der Waals surface area contributed by atoms with E-state index in [4.69, 9.17) is 0 Å². The summed E-state index contributed by atoms with van der Waals surface area (Å²) in [5.74, 6) is 0. The third kappa shape index (κ3) is 3.81. The summed E-state index contributed by atoms with van der Waals surface area (Å²) in [6.45, 7) is 4.24. The molecule has 0 saturated heterocycles. The molecule has 0 radical (unpaired) electrons. The minimum absolute atomic E-state index is 1.37. The molecule has 0 fully saturated rings. The van der Waals surface area contributed by atoms with E-state index in [1.165, 1.54) is 17.5 Å². The Morgan fingerprint density at radius 3 is 1.50 bits per heavy atom. The lowest BCUT2D eigenvalue weighted by molar-refractivity contribution is 1.17. The molecule has 2 aromatic rings. The molecule has 0 aliphatic carbocycles. The lowest BCUT2D eigenvalue weighted by Crippen LogP contribution is -1.74. The Labute approximate surface area is 84.7 Å². The van der Waals surface area contributed by atoms with Crippen LogP contribution in [-0.2, 0) is 0 Å². The quantitative estimate of drug-likeness (QED) is 0.632. The van der Waals surface area contributed by atoms with E-state index in [1.807, 2.05) is 0 Å². The van der Waals surface area contributed by atoms with Gasteiger partial charge >= 0.3 is 0 Å². The summed E-state index contributed by atoms with van der Waals surface area (Å²) in [5, 5.41) is 0. The molecule has 2 nitrogen and oxygen atoms in total. The summed E-state index contributed by atoms with van der Waals surface area (Å²) < 4.78 is 0. The smallest absolute Gasteiger partial charge is 0.115 e. The molecule has 14 heavy (non-hydrogen) atoms. The third-order valence-corrected chi connectivity index (χ3v) is 1.90. The third-order valence-electron chi connectivity index (χ3n) is 1.90. The Morgan fingerprint density at radius 1 is 0.786 bits per heavy atom. The van der Waals surface area contributed by atoms with E-state index in [0.717, 1.165) is 0 Å². The number of rotatable bonds is 0. The topological polar surface area (TPSA) is 25.8 Å². The van der Waals surface area contributed by atoms with Crippen LogP contribution in [0, 0.1) is 13.8 Å². The largest absolute Gasteiger partial charge is 0.245 e. The summed E-state index contributed by atoms with van der Waals surface area (Å²) in [5.41, 5.74) is 2.74. The number of hydrogen-bond acceptors (Lipinski definition) is 2. The Hall–Kier alpha value is -1.70. The molecule has 1 aromatic heterocycles. The van der Waals surface area contributed by atoms with Gasteiger partial charge in [-0.1, -0.05) is 24.3 Å². The Morgan fingerprint density at radius 2 is 1.29 bits per heavy atom. The van der Waals surface area contributed by atoms with Crippen molar-refractivity contribution in [2.45, 2.75) is 13.8 Å². The van der Waals surface area contributed by atoms with Crippen molar-refractivity contribution in [2.24, 2.45) is 0 Å². The van der Waals surface area contributed by atoms with Crippen LogP contribution in [0.5, 0.6) is 0 Å². The molecule has 0 bridgehead atoms. The van der Waals surface area contributed by atoms with Gasteiger partial charge in [-0.3, -0.25) is 0 Å². The second kappa shape index (κ2) is 5.86. The molecule has 0 N–H and O–H groups in total. The fraction of sp³-hybridized carbons (Fsp3) is 0.167. The first-order chi connectivity index (χ1) is 6.80. The van der Waals surface area contributed by atoms with Gasteiger partial charge in [0.05, 0.1) is 0 Å². The Kier molecular flexibility index (Phi) is 4.35. The van der Waals surface area contributed by atoms with Gasteiger partial charge in [0.1, 0.15) is 6.33 Å². The predicted molar refractivity (Wildman–Crippen MR) is 57.9 cm³/mol. The van der Waals surface area contributed by atoms with Crippen LogP contribution >= 0.6 is 0 Å². The Bertz CT molecular complexity index is 310. The van der Waals surface area contributed by atoms with Gasteiger partial charge in [0.25, 0.3) is 0 Å². The van der Waals surface area contributed by atoms with Crippen LogP contribution in [0.1, 0.15) is 11.1 Å². The normalized spacial score (nSPS) is 8.71. The van der Waals surface area contributed by atoms with Gasteiger partial charge in [0, 0.05) is 12.4 Å². The van der Waals surface area contributed by atoms with Crippen LogP contribution in [0.2, 0.25) is 0 Å². The van der Waals surface area contributed by atoms with E-state index in [-0.39, 0.29) is 0 Å². The van der Waals surface area contributed by atoms with E-state index in [9.17, 15) is 0 Å². The van der Waals surface area contributed by atoms with E-state index in [0.29, 0.717) is 0 Å². The summed E-state index contributed by atoms with van der Waals surface area (Å²) in [6, 6.07) is 10.1. The average Bonchev–Trinajstić information content (AvgIpc) is 2.26. The van der Waals surface area contributed by atoms with E-state index in [1.54, 1.807) is 18.5 Å². The molecule has 0 aliphatic heterocycles. The van der Waals surface area contributed by atoms with Crippen LogP contribution in [0.15, 0.2) is 49.1 Å². The molecule has 0 spiro atoms. The number of hydrogen-bond donors (Lipinski definition) is 0. The standard InChI is InChI=1S/C8H10.C4H4N2/c1-7-5-3-4-6-8(7)2;1-2-5-4-6-3-1/h3-6H,1-2H3;1-4H. The monoisotopic (exact) mass is 186 g/mol. The minimum atomic E-state index is 1.37. The zero-order valence-corrected chi connectivity index (χ0v) is 8.51. The van der Waals surface area contributed by atoms with Gasteiger partial charge in [-0.25, -0.2) is 9.97 Å². The van der Waals surface area contributed by atoms with Crippen molar-refractivity contribution in [1.82, 2.24) is 9.97 Å². The molecule has 1 heterocycles. The first kappa shape index (κ1) is 10.4. The number of benzene rings is 1. The fourth-order valence-electron chi connectivity index (χ4n) is 0.916. The van der Waals surface area contributed by atoms with Crippen molar-refractivity contribution >= 4 is 0 Å². The summed E-state index contributed by atoms with van der Waals surface area (Å²) in [7, 11) is 0. The van der Waals surface area contributed by atoms with Gasteiger partial charge in [0.2, 0.25) is 0 Å². The summed E-state index contributed by atoms with van der Waals surface area (Å²) in [4.78, 5) is 7.35. The van der Waals surface area contributed by atoms with Crippen molar-refractivity contribution in [3.63, 3.8) is 0 Å². The van der Waals surface area contributed by atoms with Gasteiger partial charge < -0.3 is 0 Å². The average molecular weight is 186 g/mol. The minimum Gasteiger partial charge on any atom is -0.245 e. The molecule has 2 rings (SSSR count). The SMILES string of the molecule is Cc1ccccc1C.c1cncnc1. The second-order valence-corrected chi connectivity index (χ2v) is 2.99. The van der Waals surface area contributed by atoms with E-state index in [2.05, 4.69) is 48.1 Å². The molecular weight excluding hydrogens is 172 g/mol. The molecular formula is C12H14N2. The maximum atomic E-state index is 3.67. The van der Waals surface area contributed by atoms with Crippen molar-refractivity contribution in [3.8, 4) is 0 Å². The zero-order valence-electron chi connectivity index (χ0n) is 8.51. The Balaban J connectivity index is 0.000000146. The second-order valence-electron chi connectivity index (χ2n) is 2.99. The maximum Gasteiger partial charge on any atom is 0.115 e. The van der Waals surface area contributed by atoms with Crippen LogP contribution in [0.3, 0.4) is 0 Å². The number of aromatic nitrogens is 2. The molecule has 0 amide bonds. The van der Waals surface area contributed by atoms with Crippen molar-refractivity contribution in [1.29, 1.82) is 0 Å². The van der Waals surface area contributed by atoms with Crippen molar-refractivity contribution in [3.05, 3.63) is 60.2 Å². The van der Waals surface area contributed by atoms with Gasteiger partial charge in [0.15, 0.2) is 0 Å². The predicted octanol–water partition coefficient (Wildman–Crippen LogP) is 2.78. The molecule has 72 valence electrons. The highest BCUT2D eigenvalue weighted by Crippen LogP contribution is 2.02. The zero-order chi connectivity index (χ0) is 10.2. The highest BCUT2D eigenvalue weighted by Gasteiger charge is 1.83. The van der Waals surface area contributed by atoms with Crippen LogP contribution in [-0.4, -0.2) is 9.97 Å². The molecule has 2 heteroatoms. The van der Waals surface area contributed by atoms with Gasteiger partial charge in [-0.15, -0.1) is 0 Å². The molecule has 1 aromatic carbocycles. The van der Waals surface area contributed by atoms with Gasteiger partial charge in [-0.05, 0) is 31.0 Å². The molecule has 0 atom stereocenters. The lowest BCUT2D eigenvalue weighted by Gasteiger charge is -1.93.